The summed E-state index contributed by atoms with van der Waals surface area (Å²) in [6.07, 6.45) is 10.1. The van der Waals surface area contributed by atoms with Gasteiger partial charge < -0.3 is 10.2 Å². The van der Waals surface area contributed by atoms with Gasteiger partial charge in [0, 0.05) is 31.2 Å². The van der Waals surface area contributed by atoms with Gasteiger partial charge in [-0.3, -0.25) is 4.90 Å². The van der Waals surface area contributed by atoms with Crippen LogP contribution in [0.15, 0.2) is 0 Å². The van der Waals surface area contributed by atoms with Gasteiger partial charge in [-0.05, 0) is 64.1 Å². The lowest BCUT2D eigenvalue weighted by Crippen LogP contribution is -2.52. The fourth-order valence-electron chi connectivity index (χ4n) is 4.66. The Morgan fingerprint density at radius 3 is 2.68 bits per heavy atom. The van der Waals surface area contributed by atoms with Gasteiger partial charge in [-0.25, -0.2) is 0 Å². The van der Waals surface area contributed by atoms with Crippen molar-refractivity contribution in [3.05, 3.63) is 0 Å². The molecule has 0 radical (unpaired) electrons. The summed E-state index contributed by atoms with van der Waals surface area (Å²) in [4.78, 5) is 5.63. The van der Waals surface area contributed by atoms with E-state index in [2.05, 4.69) is 15.1 Å². The Balaban J connectivity index is 1.42. The van der Waals surface area contributed by atoms with Crippen LogP contribution in [-0.4, -0.2) is 60.6 Å². The molecule has 3 saturated heterocycles. The van der Waals surface area contributed by atoms with Crippen LogP contribution in [0, 0.1) is 5.92 Å². The highest BCUT2D eigenvalue weighted by molar-refractivity contribution is 4.98. The number of rotatable bonds is 4. The molecule has 108 valence electrons. The Kier molecular flexibility index (Phi) is 3.55. The summed E-state index contributed by atoms with van der Waals surface area (Å²) < 4.78 is 0. The minimum atomic E-state index is 0.786. The molecule has 3 nitrogen and oxygen atoms in total. The predicted octanol–water partition coefficient (Wildman–Crippen LogP) is 1.69. The number of piperidine rings is 2. The fraction of sp³-hybridized carbons (Fsp3) is 1.00. The van der Waals surface area contributed by atoms with Crippen LogP contribution < -0.4 is 5.32 Å². The van der Waals surface area contributed by atoms with Crippen LogP contribution in [0.25, 0.3) is 0 Å². The second-order valence-electron chi connectivity index (χ2n) is 7.28. The third-order valence-corrected chi connectivity index (χ3v) is 5.88. The summed E-state index contributed by atoms with van der Waals surface area (Å²) >= 11 is 0. The Morgan fingerprint density at radius 1 is 1.00 bits per heavy atom. The maximum atomic E-state index is 3.76. The highest BCUT2D eigenvalue weighted by Gasteiger charge is 2.42. The first-order chi connectivity index (χ1) is 9.40. The first kappa shape index (κ1) is 12.6. The van der Waals surface area contributed by atoms with Gasteiger partial charge in [-0.2, -0.15) is 0 Å². The summed E-state index contributed by atoms with van der Waals surface area (Å²) in [7, 11) is 0. The fourth-order valence-corrected chi connectivity index (χ4v) is 4.66. The van der Waals surface area contributed by atoms with Crippen LogP contribution in [0.1, 0.15) is 44.9 Å². The second-order valence-corrected chi connectivity index (χ2v) is 7.28. The summed E-state index contributed by atoms with van der Waals surface area (Å²) in [5, 5.41) is 3.76. The minimum Gasteiger partial charge on any atom is -0.313 e. The van der Waals surface area contributed by atoms with Crippen molar-refractivity contribution in [2.24, 2.45) is 5.92 Å². The van der Waals surface area contributed by atoms with E-state index in [-0.39, 0.29) is 0 Å². The van der Waals surface area contributed by atoms with Crippen molar-refractivity contribution in [3.8, 4) is 0 Å². The van der Waals surface area contributed by atoms with E-state index in [1.54, 1.807) is 0 Å². The van der Waals surface area contributed by atoms with Gasteiger partial charge in [0.2, 0.25) is 0 Å². The third-order valence-electron chi connectivity index (χ3n) is 5.88. The third kappa shape index (κ3) is 2.70. The van der Waals surface area contributed by atoms with Crippen LogP contribution in [0.2, 0.25) is 0 Å². The SMILES string of the molecule is C1CCC(CN(C2CC2)C2CCN3CCC2C3)NC1. The lowest BCUT2D eigenvalue weighted by molar-refractivity contribution is 0.0799. The van der Waals surface area contributed by atoms with Gasteiger partial charge in [0.05, 0.1) is 0 Å². The zero-order chi connectivity index (χ0) is 12.7. The molecule has 3 heterocycles. The standard InChI is InChI=1S/C16H29N3/c1-2-8-17-14(3-1)12-19(15-4-5-15)16-7-10-18-9-6-13(16)11-18/h13-17H,1-12H2. The van der Waals surface area contributed by atoms with Gasteiger partial charge in [0.15, 0.2) is 0 Å². The number of nitrogens with zero attached hydrogens (tertiary/aromatic N) is 2. The molecule has 0 spiro atoms. The monoisotopic (exact) mass is 263 g/mol. The van der Waals surface area contributed by atoms with Crippen LogP contribution in [0.5, 0.6) is 0 Å². The molecule has 0 amide bonds. The topological polar surface area (TPSA) is 18.5 Å². The summed E-state index contributed by atoms with van der Waals surface area (Å²) in [5.41, 5.74) is 0. The molecule has 3 heteroatoms. The first-order valence-electron chi connectivity index (χ1n) is 8.61. The molecular weight excluding hydrogens is 234 g/mol. The maximum Gasteiger partial charge on any atom is 0.0195 e. The van der Waals surface area contributed by atoms with Gasteiger partial charge in [0.25, 0.3) is 0 Å². The molecule has 1 saturated carbocycles. The Labute approximate surface area is 117 Å². The molecule has 2 bridgehead atoms. The molecule has 0 aromatic carbocycles. The molecule has 0 aromatic rings. The van der Waals surface area contributed by atoms with Crippen molar-refractivity contribution in [1.82, 2.24) is 15.1 Å². The Morgan fingerprint density at radius 2 is 1.89 bits per heavy atom. The molecular formula is C16H29N3. The normalized spacial score (nSPS) is 42.8. The van der Waals surface area contributed by atoms with Crippen molar-refractivity contribution in [1.29, 1.82) is 0 Å². The summed E-state index contributed by atoms with van der Waals surface area (Å²) in [5.74, 6) is 0.984. The van der Waals surface area contributed by atoms with Crippen molar-refractivity contribution in [3.63, 3.8) is 0 Å². The molecule has 4 rings (SSSR count). The molecule has 1 N–H and O–H groups in total. The van der Waals surface area contributed by atoms with E-state index >= 15 is 0 Å². The molecule has 4 fully saturated rings. The lowest BCUT2D eigenvalue weighted by Gasteiger charge is -2.41. The molecule has 3 aliphatic heterocycles. The minimum absolute atomic E-state index is 0.786. The van der Waals surface area contributed by atoms with Crippen LogP contribution >= 0.6 is 0 Å². The zero-order valence-corrected chi connectivity index (χ0v) is 12.2. The number of fused-ring (bicyclic) bond motifs is 2. The Hall–Kier alpha value is -0.120. The first-order valence-corrected chi connectivity index (χ1v) is 8.61. The van der Waals surface area contributed by atoms with E-state index < -0.39 is 0 Å². The second kappa shape index (κ2) is 5.34. The summed E-state index contributed by atoms with van der Waals surface area (Å²) in [6, 6.07) is 2.64. The van der Waals surface area contributed by atoms with Crippen LogP contribution in [-0.2, 0) is 0 Å². The molecule has 1 aliphatic carbocycles. The number of hydrogen-bond acceptors (Lipinski definition) is 3. The van der Waals surface area contributed by atoms with E-state index in [0.717, 1.165) is 24.0 Å². The summed E-state index contributed by atoms with van der Waals surface area (Å²) in [6.45, 7) is 6.73. The van der Waals surface area contributed by atoms with Gasteiger partial charge in [-0.1, -0.05) is 6.42 Å². The van der Waals surface area contributed by atoms with Crippen LogP contribution in [0.3, 0.4) is 0 Å². The van der Waals surface area contributed by atoms with Gasteiger partial charge in [0.1, 0.15) is 0 Å². The average molecular weight is 263 g/mol. The van der Waals surface area contributed by atoms with E-state index in [0.29, 0.717) is 0 Å². The Bertz CT molecular complexity index is 309. The number of nitrogens with one attached hydrogen (secondary N) is 1. The average Bonchev–Trinajstić information content (AvgIpc) is 3.23. The van der Waals surface area contributed by atoms with E-state index in [1.807, 2.05) is 0 Å². The van der Waals surface area contributed by atoms with Gasteiger partial charge >= 0.3 is 0 Å². The van der Waals surface area contributed by atoms with E-state index in [1.165, 1.54) is 77.7 Å². The number of hydrogen-bond donors (Lipinski definition) is 1. The molecule has 19 heavy (non-hydrogen) atoms. The quantitative estimate of drug-likeness (QED) is 0.833. The predicted molar refractivity (Wildman–Crippen MR) is 78.3 cm³/mol. The van der Waals surface area contributed by atoms with Crippen molar-refractivity contribution >= 4 is 0 Å². The molecule has 4 unspecified atom stereocenters. The van der Waals surface area contributed by atoms with Crippen molar-refractivity contribution < 1.29 is 0 Å². The van der Waals surface area contributed by atoms with Gasteiger partial charge in [-0.15, -0.1) is 0 Å². The lowest BCUT2D eigenvalue weighted by atomic mass is 9.91. The largest absolute Gasteiger partial charge is 0.313 e. The molecule has 4 aliphatic rings. The van der Waals surface area contributed by atoms with Crippen LogP contribution in [0.4, 0.5) is 0 Å². The zero-order valence-electron chi connectivity index (χ0n) is 12.2. The smallest absolute Gasteiger partial charge is 0.0195 e. The van der Waals surface area contributed by atoms with E-state index in [4.69, 9.17) is 0 Å². The highest BCUT2D eigenvalue weighted by Crippen LogP contribution is 2.37. The highest BCUT2D eigenvalue weighted by atomic mass is 15.3. The molecule has 0 aromatic heterocycles. The van der Waals surface area contributed by atoms with Crippen molar-refractivity contribution in [2.75, 3.05) is 32.7 Å². The van der Waals surface area contributed by atoms with E-state index in [9.17, 15) is 0 Å². The molecule has 4 atom stereocenters. The van der Waals surface area contributed by atoms with Crippen molar-refractivity contribution in [2.45, 2.75) is 63.1 Å². The maximum absolute atomic E-state index is 3.76.